The second-order valence-electron chi connectivity index (χ2n) is 8.67. The van der Waals surface area contributed by atoms with E-state index in [9.17, 15) is 4.79 Å². The van der Waals surface area contributed by atoms with Crippen LogP contribution in [0.1, 0.15) is 43.7 Å². The van der Waals surface area contributed by atoms with E-state index in [2.05, 4.69) is 44.2 Å². The molecule has 3 nitrogen and oxygen atoms in total. The summed E-state index contributed by atoms with van der Waals surface area (Å²) in [5, 5.41) is 0. The molecule has 4 rings (SSSR count). The number of ether oxygens (including phenoxy) is 2. The number of carbonyl (C=O) groups is 1. The lowest BCUT2D eigenvalue weighted by molar-refractivity contribution is -0.130. The van der Waals surface area contributed by atoms with Crippen molar-refractivity contribution in [1.29, 1.82) is 0 Å². The Balaban J connectivity index is 1.68. The Hall–Kier alpha value is -2.81. The standard InChI is InChI=1S/C26H28O3/c1-25-16-20(10-5-18-6-11-21(28-3)12-7-18)26(2,17-25)23(15-24(25)27)19-8-13-22(29-4)14-9-19/h5-14,16,23H,15,17H2,1-4H3/t23-,25+,26-/m0/s1. The Morgan fingerprint density at radius 1 is 0.897 bits per heavy atom. The van der Waals surface area contributed by atoms with Crippen LogP contribution in [0, 0.1) is 10.8 Å². The first-order valence-corrected chi connectivity index (χ1v) is 10.1. The van der Waals surface area contributed by atoms with Crippen molar-refractivity contribution in [2.75, 3.05) is 14.2 Å². The average Bonchev–Trinajstić information content (AvgIpc) is 2.98. The quantitative estimate of drug-likeness (QED) is 0.648. The van der Waals surface area contributed by atoms with Crippen LogP contribution in [0.15, 0.2) is 66.3 Å². The van der Waals surface area contributed by atoms with Crippen LogP contribution in [0.2, 0.25) is 0 Å². The molecule has 0 saturated heterocycles. The summed E-state index contributed by atoms with van der Waals surface area (Å²) in [6.07, 6.45) is 7.98. The second-order valence-corrected chi connectivity index (χ2v) is 8.67. The van der Waals surface area contributed by atoms with Gasteiger partial charge in [0.05, 0.1) is 14.2 Å². The molecule has 2 aliphatic rings. The first kappa shape index (κ1) is 19.5. The number of ketones is 1. The highest BCUT2D eigenvalue weighted by Crippen LogP contribution is 2.61. The number of carbonyl (C=O) groups excluding carboxylic acids is 1. The van der Waals surface area contributed by atoms with Crippen LogP contribution in [0.4, 0.5) is 0 Å². The molecule has 2 aromatic carbocycles. The smallest absolute Gasteiger partial charge is 0.143 e. The minimum absolute atomic E-state index is 0.0692. The van der Waals surface area contributed by atoms with E-state index in [1.165, 1.54) is 11.1 Å². The summed E-state index contributed by atoms with van der Waals surface area (Å²) in [4.78, 5) is 13.0. The zero-order chi connectivity index (χ0) is 20.6. The molecule has 0 N–H and O–H groups in total. The number of benzene rings is 2. The van der Waals surface area contributed by atoms with Crippen LogP contribution in [0.3, 0.4) is 0 Å². The Morgan fingerprint density at radius 3 is 2.07 bits per heavy atom. The van der Waals surface area contributed by atoms with E-state index >= 15 is 0 Å². The highest BCUT2D eigenvalue weighted by Gasteiger charge is 2.55. The van der Waals surface area contributed by atoms with Crippen molar-refractivity contribution in [3.63, 3.8) is 0 Å². The lowest BCUT2D eigenvalue weighted by Gasteiger charge is -2.43. The van der Waals surface area contributed by atoms with E-state index in [0.717, 1.165) is 23.5 Å². The fraction of sp³-hybridized carbons (Fsp3) is 0.346. The molecule has 0 aromatic heterocycles. The first-order valence-electron chi connectivity index (χ1n) is 10.1. The maximum atomic E-state index is 13.0. The molecule has 0 spiro atoms. The Kier molecular flexibility index (Phi) is 4.85. The average molecular weight is 389 g/mol. The van der Waals surface area contributed by atoms with Crippen molar-refractivity contribution in [1.82, 2.24) is 0 Å². The van der Waals surface area contributed by atoms with Gasteiger partial charge in [0.15, 0.2) is 0 Å². The van der Waals surface area contributed by atoms with E-state index in [1.807, 2.05) is 36.4 Å². The topological polar surface area (TPSA) is 35.5 Å². The van der Waals surface area contributed by atoms with Gasteiger partial charge in [0.1, 0.15) is 17.3 Å². The molecule has 0 aliphatic heterocycles. The van der Waals surface area contributed by atoms with E-state index in [-0.39, 0.29) is 16.7 Å². The highest BCUT2D eigenvalue weighted by atomic mass is 16.5. The fourth-order valence-corrected chi connectivity index (χ4v) is 5.03. The second kappa shape index (κ2) is 7.22. The van der Waals surface area contributed by atoms with Gasteiger partial charge in [0.25, 0.3) is 0 Å². The lowest BCUT2D eigenvalue weighted by Crippen LogP contribution is -2.39. The maximum Gasteiger partial charge on any atom is 0.143 e. The van der Waals surface area contributed by atoms with Gasteiger partial charge in [-0.2, -0.15) is 0 Å². The van der Waals surface area contributed by atoms with E-state index in [4.69, 9.17) is 9.47 Å². The third-order valence-electron chi connectivity index (χ3n) is 6.75. The van der Waals surface area contributed by atoms with Crippen LogP contribution < -0.4 is 9.47 Å². The molecule has 1 saturated carbocycles. The van der Waals surface area contributed by atoms with E-state index in [1.54, 1.807) is 14.2 Å². The summed E-state index contributed by atoms with van der Waals surface area (Å²) in [7, 11) is 3.35. The van der Waals surface area contributed by atoms with Crippen molar-refractivity contribution in [2.24, 2.45) is 10.8 Å². The van der Waals surface area contributed by atoms with Gasteiger partial charge in [0, 0.05) is 23.2 Å². The fourth-order valence-electron chi connectivity index (χ4n) is 5.03. The van der Waals surface area contributed by atoms with Crippen LogP contribution >= 0.6 is 0 Å². The molecule has 0 heterocycles. The van der Waals surface area contributed by atoms with Crippen molar-refractivity contribution < 1.29 is 14.3 Å². The van der Waals surface area contributed by atoms with E-state index < -0.39 is 0 Å². The SMILES string of the molecule is COc1ccc(C=CC2=C[C@]3(C)C[C@]2(C)[C@H](c2ccc(OC)cc2)CC3=O)cc1. The summed E-state index contributed by atoms with van der Waals surface area (Å²) >= 11 is 0. The molecule has 2 aliphatic carbocycles. The van der Waals surface area contributed by atoms with Crippen LogP contribution in [-0.2, 0) is 4.79 Å². The number of allylic oxidation sites excluding steroid dienone is 3. The molecule has 0 amide bonds. The van der Waals surface area contributed by atoms with Gasteiger partial charge >= 0.3 is 0 Å². The van der Waals surface area contributed by atoms with Crippen molar-refractivity contribution in [3.8, 4) is 11.5 Å². The zero-order valence-corrected chi connectivity index (χ0v) is 17.6. The summed E-state index contributed by atoms with van der Waals surface area (Å²) < 4.78 is 10.5. The van der Waals surface area contributed by atoms with E-state index in [0.29, 0.717) is 12.2 Å². The molecule has 0 unspecified atom stereocenters. The molecule has 3 heteroatoms. The number of hydrogen-bond acceptors (Lipinski definition) is 3. The molecule has 29 heavy (non-hydrogen) atoms. The summed E-state index contributed by atoms with van der Waals surface area (Å²) in [6, 6.07) is 16.2. The molecule has 2 bridgehead atoms. The number of Topliss-reactive ketones (excluding diaryl/α,β-unsaturated/α-hetero) is 1. The van der Waals surface area contributed by atoms with Gasteiger partial charge < -0.3 is 9.47 Å². The van der Waals surface area contributed by atoms with Gasteiger partial charge in [-0.3, -0.25) is 4.79 Å². The zero-order valence-electron chi connectivity index (χ0n) is 17.6. The van der Waals surface area contributed by atoms with Crippen molar-refractivity contribution in [3.05, 3.63) is 77.4 Å². The molecule has 1 fully saturated rings. The summed E-state index contributed by atoms with van der Waals surface area (Å²) in [6.45, 7) is 4.40. The van der Waals surface area contributed by atoms with Crippen LogP contribution in [0.5, 0.6) is 11.5 Å². The number of methoxy groups -OCH3 is 2. The normalized spacial score (nSPS) is 28.5. The first-order chi connectivity index (χ1) is 13.9. The summed E-state index contributed by atoms with van der Waals surface area (Å²) in [5.74, 6) is 2.20. The predicted molar refractivity (Wildman–Crippen MR) is 116 cm³/mol. The molecule has 150 valence electrons. The Morgan fingerprint density at radius 2 is 1.48 bits per heavy atom. The Labute approximate surface area is 173 Å². The van der Waals surface area contributed by atoms with Crippen molar-refractivity contribution >= 4 is 11.9 Å². The third-order valence-corrected chi connectivity index (χ3v) is 6.75. The van der Waals surface area contributed by atoms with Gasteiger partial charge in [-0.25, -0.2) is 0 Å². The third kappa shape index (κ3) is 3.39. The molecule has 3 atom stereocenters. The maximum absolute atomic E-state index is 13.0. The van der Waals surface area contributed by atoms with Gasteiger partial charge in [-0.1, -0.05) is 49.4 Å². The number of rotatable bonds is 5. The number of fused-ring (bicyclic) bond motifs is 2. The van der Waals surface area contributed by atoms with Gasteiger partial charge in [-0.05, 0) is 54.3 Å². The molecule has 2 aromatic rings. The van der Waals surface area contributed by atoms with Gasteiger partial charge in [0.2, 0.25) is 0 Å². The monoisotopic (exact) mass is 388 g/mol. The van der Waals surface area contributed by atoms with Crippen LogP contribution in [0.25, 0.3) is 6.08 Å². The largest absolute Gasteiger partial charge is 0.497 e. The highest BCUT2D eigenvalue weighted by molar-refractivity contribution is 5.90. The summed E-state index contributed by atoms with van der Waals surface area (Å²) in [5.41, 5.74) is 3.14. The van der Waals surface area contributed by atoms with Crippen LogP contribution in [-0.4, -0.2) is 20.0 Å². The Bertz CT molecular complexity index is 968. The molecular weight excluding hydrogens is 360 g/mol. The number of hydrogen-bond donors (Lipinski definition) is 0. The molecule has 0 radical (unpaired) electrons. The minimum atomic E-state index is -0.364. The van der Waals surface area contributed by atoms with Gasteiger partial charge in [-0.15, -0.1) is 0 Å². The van der Waals surface area contributed by atoms with Crippen molar-refractivity contribution in [2.45, 2.75) is 32.6 Å². The predicted octanol–water partition coefficient (Wildman–Crippen LogP) is 5.82. The lowest BCUT2D eigenvalue weighted by atomic mass is 9.59. The molecular formula is C26H28O3. The minimum Gasteiger partial charge on any atom is -0.497 e.